The summed E-state index contributed by atoms with van der Waals surface area (Å²) < 4.78 is 6.93. The van der Waals surface area contributed by atoms with Crippen molar-refractivity contribution < 1.29 is 9.34 Å². The molecule has 0 aliphatic heterocycles. The lowest BCUT2D eigenvalue weighted by Crippen LogP contribution is -2.19. The smallest absolute Gasteiger partial charge is 0.333 e. The average molecular weight is 292 g/mol. The molecule has 7 nitrogen and oxygen atoms in total. The Hall–Kier alpha value is -2.31. The Balaban J connectivity index is 2.08. The number of hydrogen-bond donors (Lipinski definition) is 1. The predicted molar refractivity (Wildman–Crippen MR) is 79.4 cm³/mol. The molecule has 114 valence electrons. The second kappa shape index (κ2) is 6.43. The van der Waals surface area contributed by atoms with E-state index in [1.807, 2.05) is 26.0 Å². The Morgan fingerprint density at radius 2 is 2.33 bits per heavy atom. The standard InChI is InChI=1S/C14H20N4O3/c1-4-17-14(13(18(19)20)11(3)16-17)15-10(2)7-8-12-6-5-9-21-12/h5-6,9-10,15H,4,7-8H2,1-3H3. The van der Waals surface area contributed by atoms with Crippen LogP contribution < -0.4 is 5.32 Å². The summed E-state index contributed by atoms with van der Waals surface area (Å²) in [6.45, 7) is 6.15. The lowest BCUT2D eigenvalue weighted by Gasteiger charge is -2.14. The quantitative estimate of drug-likeness (QED) is 0.625. The third-order valence-corrected chi connectivity index (χ3v) is 3.36. The van der Waals surface area contributed by atoms with Crippen LogP contribution in [-0.2, 0) is 13.0 Å². The minimum atomic E-state index is -0.379. The third kappa shape index (κ3) is 3.42. The van der Waals surface area contributed by atoms with Crippen molar-refractivity contribution in [3.63, 3.8) is 0 Å². The van der Waals surface area contributed by atoms with Crippen LogP contribution in [0.3, 0.4) is 0 Å². The van der Waals surface area contributed by atoms with E-state index in [2.05, 4.69) is 10.4 Å². The van der Waals surface area contributed by atoms with Gasteiger partial charge in [0.15, 0.2) is 0 Å². The summed E-state index contributed by atoms with van der Waals surface area (Å²) in [5.74, 6) is 1.39. The van der Waals surface area contributed by atoms with Gasteiger partial charge in [-0.05, 0) is 39.3 Å². The number of nitrogens with one attached hydrogen (secondary N) is 1. The normalized spacial score (nSPS) is 12.3. The maximum atomic E-state index is 11.2. The van der Waals surface area contributed by atoms with Gasteiger partial charge in [-0.25, -0.2) is 4.68 Å². The molecule has 0 amide bonds. The van der Waals surface area contributed by atoms with Crippen molar-refractivity contribution in [2.24, 2.45) is 0 Å². The average Bonchev–Trinajstić information content (AvgIpc) is 3.04. The predicted octanol–water partition coefficient (Wildman–Crippen LogP) is 3.15. The summed E-state index contributed by atoms with van der Waals surface area (Å²) in [7, 11) is 0. The Labute approximate surface area is 123 Å². The number of aromatic nitrogens is 2. The molecule has 0 bridgehead atoms. The van der Waals surface area contributed by atoms with Crippen LogP contribution in [0.5, 0.6) is 0 Å². The van der Waals surface area contributed by atoms with Crippen molar-refractivity contribution in [3.05, 3.63) is 40.0 Å². The van der Waals surface area contributed by atoms with E-state index in [9.17, 15) is 10.1 Å². The molecule has 0 radical (unpaired) electrons. The van der Waals surface area contributed by atoms with Crippen LogP contribution in [0, 0.1) is 17.0 Å². The van der Waals surface area contributed by atoms with Crippen molar-refractivity contribution in [1.29, 1.82) is 0 Å². The maximum absolute atomic E-state index is 11.2. The number of anilines is 1. The highest BCUT2D eigenvalue weighted by atomic mass is 16.6. The SMILES string of the molecule is CCn1nc(C)c([N+](=O)[O-])c1NC(C)CCc1ccco1. The summed E-state index contributed by atoms with van der Waals surface area (Å²) >= 11 is 0. The molecule has 0 spiro atoms. The molecule has 1 atom stereocenters. The van der Waals surface area contributed by atoms with Crippen LogP contribution >= 0.6 is 0 Å². The van der Waals surface area contributed by atoms with Gasteiger partial charge in [0.2, 0.25) is 5.82 Å². The number of nitrogens with zero attached hydrogens (tertiary/aromatic N) is 3. The molecule has 0 aliphatic rings. The van der Waals surface area contributed by atoms with Crippen molar-refractivity contribution in [2.45, 2.75) is 46.2 Å². The lowest BCUT2D eigenvalue weighted by atomic mass is 10.1. The molecule has 7 heteroatoms. The monoisotopic (exact) mass is 292 g/mol. The van der Waals surface area contributed by atoms with E-state index in [-0.39, 0.29) is 16.7 Å². The number of rotatable bonds is 7. The lowest BCUT2D eigenvalue weighted by molar-refractivity contribution is -0.384. The van der Waals surface area contributed by atoms with Crippen LogP contribution in [0.1, 0.15) is 31.7 Å². The van der Waals surface area contributed by atoms with Crippen molar-refractivity contribution in [2.75, 3.05) is 5.32 Å². The maximum Gasteiger partial charge on any atom is 0.333 e. The Morgan fingerprint density at radius 1 is 1.57 bits per heavy atom. The largest absolute Gasteiger partial charge is 0.469 e. The Bertz CT molecular complexity index is 604. The zero-order chi connectivity index (χ0) is 15.4. The van der Waals surface area contributed by atoms with Crippen LogP contribution in [0.15, 0.2) is 22.8 Å². The first-order valence-corrected chi connectivity index (χ1v) is 7.03. The zero-order valence-electron chi connectivity index (χ0n) is 12.5. The van der Waals surface area contributed by atoms with E-state index >= 15 is 0 Å². The number of furan rings is 1. The second-order valence-corrected chi connectivity index (χ2v) is 5.02. The molecule has 2 rings (SSSR count). The van der Waals surface area contributed by atoms with Gasteiger partial charge in [0.25, 0.3) is 0 Å². The topological polar surface area (TPSA) is 86.1 Å². The van der Waals surface area contributed by atoms with E-state index < -0.39 is 0 Å². The van der Waals surface area contributed by atoms with E-state index in [0.717, 1.165) is 18.6 Å². The van der Waals surface area contributed by atoms with Crippen LogP contribution in [-0.4, -0.2) is 20.7 Å². The number of nitro groups is 1. The van der Waals surface area contributed by atoms with E-state index in [4.69, 9.17) is 4.42 Å². The van der Waals surface area contributed by atoms with E-state index in [1.54, 1.807) is 17.9 Å². The van der Waals surface area contributed by atoms with Crippen LogP contribution in [0.25, 0.3) is 0 Å². The fourth-order valence-electron chi connectivity index (χ4n) is 2.28. The molecule has 0 aliphatic carbocycles. The van der Waals surface area contributed by atoms with Gasteiger partial charge in [-0.1, -0.05) is 0 Å². The molecular formula is C14H20N4O3. The molecule has 0 fully saturated rings. The molecule has 2 aromatic heterocycles. The minimum Gasteiger partial charge on any atom is -0.469 e. The van der Waals surface area contributed by atoms with Gasteiger partial charge in [0.1, 0.15) is 11.5 Å². The van der Waals surface area contributed by atoms with Crippen molar-refractivity contribution in [1.82, 2.24) is 9.78 Å². The molecule has 21 heavy (non-hydrogen) atoms. The Kier molecular flexibility index (Phi) is 4.62. The summed E-state index contributed by atoms with van der Waals surface area (Å²) in [6, 6.07) is 3.86. The third-order valence-electron chi connectivity index (χ3n) is 3.36. The molecule has 1 N–H and O–H groups in total. The summed E-state index contributed by atoms with van der Waals surface area (Å²) in [5.41, 5.74) is 0.490. The molecule has 0 saturated heterocycles. The van der Waals surface area contributed by atoms with E-state index in [0.29, 0.717) is 18.1 Å². The van der Waals surface area contributed by atoms with Crippen LogP contribution in [0.4, 0.5) is 11.5 Å². The highest BCUT2D eigenvalue weighted by molar-refractivity contribution is 5.59. The highest BCUT2D eigenvalue weighted by Gasteiger charge is 2.25. The summed E-state index contributed by atoms with van der Waals surface area (Å²) in [4.78, 5) is 10.8. The van der Waals surface area contributed by atoms with Gasteiger partial charge in [-0.3, -0.25) is 10.1 Å². The first kappa shape index (κ1) is 15.1. The van der Waals surface area contributed by atoms with Gasteiger partial charge >= 0.3 is 5.69 Å². The molecule has 0 saturated carbocycles. The summed E-state index contributed by atoms with van der Waals surface area (Å²) in [6.07, 6.45) is 3.25. The van der Waals surface area contributed by atoms with E-state index in [1.165, 1.54) is 0 Å². The zero-order valence-corrected chi connectivity index (χ0v) is 12.5. The van der Waals surface area contributed by atoms with Gasteiger partial charge < -0.3 is 9.73 Å². The van der Waals surface area contributed by atoms with Crippen molar-refractivity contribution >= 4 is 11.5 Å². The first-order chi connectivity index (χ1) is 10.0. The molecule has 1 unspecified atom stereocenters. The van der Waals surface area contributed by atoms with Gasteiger partial charge in [-0.15, -0.1) is 0 Å². The fraction of sp³-hybridized carbons (Fsp3) is 0.500. The van der Waals surface area contributed by atoms with Crippen LogP contribution in [0.2, 0.25) is 0 Å². The number of hydrogen-bond acceptors (Lipinski definition) is 5. The first-order valence-electron chi connectivity index (χ1n) is 7.03. The Morgan fingerprint density at radius 3 is 2.90 bits per heavy atom. The van der Waals surface area contributed by atoms with Gasteiger partial charge in [-0.2, -0.15) is 5.10 Å². The molecular weight excluding hydrogens is 272 g/mol. The molecule has 2 heterocycles. The second-order valence-electron chi connectivity index (χ2n) is 5.02. The van der Waals surface area contributed by atoms with Gasteiger partial charge in [0, 0.05) is 19.0 Å². The molecule has 2 aromatic rings. The van der Waals surface area contributed by atoms with Gasteiger partial charge in [0.05, 0.1) is 11.2 Å². The molecule has 0 aromatic carbocycles. The number of aryl methyl sites for hydroxylation is 3. The van der Waals surface area contributed by atoms with Crippen molar-refractivity contribution in [3.8, 4) is 0 Å². The minimum absolute atomic E-state index is 0.0571. The highest BCUT2D eigenvalue weighted by Crippen LogP contribution is 2.29. The fourth-order valence-corrected chi connectivity index (χ4v) is 2.28. The summed E-state index contributed by atoms with van der Waals surface area (Å²) in [5, 5.41) is 18.6.